The molecule has 2 heterocycles. The van der Waals surface area contributed by atoms with Gasteiger partial charge in [-0.1, -0.05) is 31.2 Å². The number of primary amides is 1. The van der Waals surface area contributed by atoms with E-state index in [1.54, 1.807) is 0 Å². The number of guanidine groups is 1. The highest BCUT2D eigenvalue weighted by molar-refractivity contribution is 5.80. The van der Waals surface area contributed by atoms with Crippen LogP contribution in [-0.2, 0) is 17.9 Å². The summed E-state index contributed by atoms with van der Waals surface area (Å²) in [5.41, 5.74) is 8.01. The van der Waals surface area contributed by atoms with Crippen LogP contribution in [0.3, 0.4) is 0 Å². The Bertz CT molecular complexity index is 744. The predicted molar refractivity (Wildman–Crippen MR) is 131 cm³/mol. The van der Waals surface area contributed by atoms with E-state index in [0.717, 1.165) is 45.0 Å². The van der Waals surface area contributed by atoms with E-state index >= 15 is 0 Å². The number of carbonyl (C=O) groups excluding carboxylic acids is 1. The van der Waals surface area contributed by atoms with Gasteiger partial charge in [0.05, 0.1) is 12.5 Å². The molecule has 0 aliphatic carbocycles. The van der Waals surface area contributed by atoms with Gasteiger partial charge in [0.15, 0.2) is 5.96 Å². The van der Waals surface area contributed by atoms with Gasteiger partial charge in [0.1, 0.15) is 0 Å². The minimum Gasteiger partial charge on any atom is -0.369 e. The monoisotopic (exact) mass is 442 g/mol. The summed E-state index contributed by atoms with van der Waals surface area (Å²) in [6.45, 7) is 12.1. The van der Waals surface area contributed by atoms with Crippen molar-refractivity contribution >= 4 is 11.9 Å². The van der Waals surface area contributed by atoms with Crippen LogP contribution in [0.25, 0.3) is 0 Å². The number of nitrogens with two attached hydrogens (primary N) is 1. The lowest BCUT2D eigenvalue weighted by atomic mass is 9.97. The molecule has 3 rings (SSSR count). The Balaban J connectivity index is 1.54. The third-order valence-corrected chi connectivity index (χ3v) is 6.54. The number of nitrogens with zero attached hydrogens (tertiary/aromatic N) is 3. The molecule has 0 bridgehead atoms. The van der Waals surface area contributed by atoms with Crippen molar-refractivity contribution in [3.05, 3.63) is 35.4 Å². The summed E-state index contributed by atoms with van der Waals surface area (Å²) in [7, 11) is 0. The number of rotatable bonds is 9. The van der Waals surface area contributed by atoms with Crippen LogP contribution in [0.5, 0.6) is 0 Å². The van der Waals surface area contributed by atoms with Gasteiger partial charge in [0.25, 0.3) is 0 Å². The molecule has 178 valence electrons. The Morgan fingerprint density at radius 1 is 1.12 bits per heavy atom. The van der Waals surface area contributed by atoms with E-state index in [1.165, 1.54) is 50.0 Å². The van der Waals surface area contributed by atoms with Crippen LogP contribution in [0.1, 0.15) is 57.1 Å². The number of benzene rings is 1. The average Bonchev–Trinajstić information content (AvgIpc) is 2.79. The van der Waals surface area contributed by atoms with Gasteiger partial charge in [-0.05, 0) is 63.2 Å². The van der Waals surface area contributed by atoms with Crippen molar-refractivity contribution in [2.24, 2.45) is 16.6 Å². The van der Waals surface area contributed by atoms with Gasteiger partial charge in [-0.3, -0.25) is 9.69 Å². The summed E-state index contributed by atoms with van der Waals surface area (Å²) in [6.07, 6.45) is 5.51. The van der Waals surface area contributed by atoms with Crippen LogP contribution in [0, 0.1) is 5.92 Å². The molecule has 2 saturated heterocycles. The summed E-state index contributed by atoms with van der Waals surface area (Å²) < 4.78 is 0. The molecule has 1 atom stereocenters. The molecular formula is C25H42N6O. The lowest BCUT2D eigenvalue weighted by Gasteiger charge is -2.32. The van der Waals surface area contributed by atoms with Crippen LogP contribution >= 0.6 is 0 Å². The van der Waals surface area contributed by atoms with Gasteiger partial charge in [-0.25, -0.2) is 4.99 Å². The topological polar surface area (TPSA) is 86.0 Å². The molecule has 4 N–H and O–H groups in total. The lowest BCUT2D eigenvalue weighted by Crippen LogP contribution is -2.48. The molecule has 1 amide bonds. The first-order valence-corrected chi connectivity index (χ1v) is 12.4. The predicted octanol–water partition coefficient (Wildman–Crippen LogP) is 2.31. The summed E-state index contributed by atoms with van der Waals surface area (Å²) in [6, 6.07) is 9.14. The van der Waals surface area contributed by atoms with Crippen molar-refractivity contribution in [2.45, 2.75) is 65.1 Å². The molecule has 0 radical (unpaired) electrons. The van der Waals surface area contributed by atoms with Crippen molar-refractivity contribution in [1.82, 2.24) is 20.4 Å². The van der Waals surface area contributed by atoms with E-state index in [4.69, 9.17) is 10.7 Å². The first-order chi connectivity index (χ1) is 15.6. The SMILES string of the molecule is CCCN1CCC(NC(=NCc2cccc(CN3CCCC(C(N)=O)C3)c2)NCC)CC1. The summed E-state index contributed by atoms with van der Waals surface area (Å²) in [5.74, 6) is 0.726. The Morgan fingerprint density at radius 2 is 1.91 bits per heavy atom. The summed E-state index contributed by atoms with van der Waals surface area (Å²) >= 11 is 0. The largest absolute Gasteiger partial charge is 0.369 e. The first-order valence-electron chi connectivity index (χ1n) is 12.4. The van der Waals surface area contributed by atoms with Gasteiger partial charge in [0, 0.05) is 38.8 Å². The maximum Gasteiger partial charge on any atom is 0.221 e. The minimum atomic E-state index is -0.169. The summed E-state index contributed by atoms with van der Waals surface area (Å²) in [5, 5.41) is 7.05. The molecule has 7 nitrogen and oxygen atoms in total. The molecule has 0 spiro atoms. The number of nitrogens with one attached hydrogen (secondary N) is 2. The molecule has 1 aromatic rings. The Hall–Kier alpha value is -2.12. The minimum absolute atomic E-state index is 0.0147. The highest BCUT2D eigenvalue weighted by Gasteiger charge is 2.24. The van der Waals surface area contributed by atoms with Gasteiger partial charge >= 0.3 is 0 Å². The maximum absolute atomic E-state index is 11.6. The normalized spacial score (nSPS) is 21.4. The van der Waals surface area contributed by atoms with Crippen LogP contribution < -0.4 is 16.4 Å². The molecule has 7 heteroatoms. The number of piperidine rings is 2. The standard InChI is InChI=1S/C25H42N6O/c1-3-12-30-14-10-23(11-15-30)29-25(27-4-2)28-17-20-7-5-8-21(16-20)18-31-13-6-9-22(19-31)24(26)32/h5,7-8,16,22-23H,3-4,6,9-15,17-19H2,1-2H3,(H2,26,32)(H2,27,28,29). The second-order valence-corrected chi connectivity index (χ2v) is 9.25. The molecule has 1 aromatic carbocycles. The van der Waals surface area contributed by atoms with Crippen LogP contribution in [0.15, 0.2) is 29.3 Å². The zero-order valence-electron chi connectivity index (χ0n) is 20.0. The number of hydrogen-bond donors (Lipinski definition) is 3. The number of aliphatic imine (C=N–C) groups is 1. The van der Waals surface area contributed by atoms with Crippen molar-refractivity contribution in [3.63, 3.8) is 0 Å². The molecule has 2 aliphatic heterocycles. The van der Waals surface area contributed by atoms with Gasteiger partial charge in [-0.2, -0.15) is 0 Å². The van der Waals surface area contributed by atoms with Crippen LogP contribution in [-0.4, -0.2) is 67.0 Å². The number of carbonyl (C=O) groups is 1. The molecule has 2 aliphatic rings. The number of hydrogen-bond acceptors (Lipinski definition) is 4. The molecule has 2 fully saturated rings. The lowest BCUT2D eigenvalue weighted by molar-refractivity contribution is -0.123. The Labute approximate surface area is 193 Å². The molecular weight excluding hydrogens is 400 g/mol. The highest BCUT2D eigenvalue weighted by atomic mass is 16.1. The zero-order chi connectivity index (χ0) is 22.8. The Kier molecular flexibility index (Phi) is 9.81. The van der Waals surface area contributed by atoms with E-state index in [9.17, 15) is 4.79 Å². The summed E-state index contributed by atoms with van der Waals surface area (Å²) in [4.78, 5) is 21.3. The molecule has 32 heavy (non-hydrogen) atoms. The van der Waals surface area contributed by atoms with E-state index in [-0.39, 0.29) is 11.8 Å². The number of likely N-dealkylation sites (tertiary alicyclic amines) is 2. The fourth-order valence-electron chi connectivity index (χ4n) is 4.82. The third kappa shape index (κ3) is 7.78. The first kappa shape index (κ1) is 24.5. The molecule has 0 aromatic heterocycles. The van der Waals surface area contributed by atoms with Gasteiger partial charge < -0.3 is 21.3 Å². The van der Waals surface area contributed by atoms with Gasteiger partial charge in [-0.15, -0.1) is 0 Å². The van der Waals surface area contributed by atoms with Crippen molar-refractivity contribution in [3.8, 4) is 0 Å². The number of amides is 1. The fourth-order valence-corrected chi connectivity index (χ4v) is 4.82. The zero-order valence-corrected chi connectivity index (χ0v) is 20.0. The average molecular weight is 443 g/mol. The van der Waals surface area contributed by atoms with Crippen LogP contribution in [0.4, 0.5) is 0 Å². The quantitative estimate of drug-likeness (QED) is 0.404. The third-order valence-electron chi connectivity index (χ3n) is 6.54. The molecule has 0 saturated carbocycles. The maximum atomic E-state index is 11.6. The molecule has 1 unspecified atom stereocenters. The Morgan fingerprint density at radius 3 is 2.62 bits per heavy atom. The van der Waals surface area contributed by atoms with Gasteiger partial charge in [0.2, 0.25) is 5.91 Å². The fraction of sp³-hybridized carbons (Fsp3) is 0.680. The van der Waals surface area contributed by atoms with Crippen molar-refractivity contribution in [1.29, 1.82) is 0 Å². The van der Waals surface area contributed by atoms with Crippen molar-refractivity contribution < 1.29 is 4.79 Å². The van der Waals surface area contributed by atoms with Crippen molar-refractivity contribution in [2.75, 3.05) is 39.3 Å². The second-order valence-electron chi connectivity index (χ2n) is 9.25. The smallest absolute Gasteiger partial charge is 0.221 e. The second kappa shape index (κ2) is 12.8. The van der Waals surface area contributed by atoms with E-state index < -0.39 is 0 Å². The van der Waals surface area contributed by atoms with E-state index in [1.807, 2.05) is 0 Å². The van der Waals surface area contributed by atoms with E-state index in [2.05, 4.69) is 58.5 Å². The highest BCUT2D eigenvalue weighted by Crippen LogP contribution is 2.19. The van der Waals surface area contributed by atoms with Crippen LogP contribution in [0.2, 0.25) is 0 Å². The van der Waals surface area contributed by atoms with E-state index in [0.29, 0.717) is 12.6 Å².